The van der Waals surface area contributed by atoms with Crippen molar-refractivity contribution in [2.45, 2.75) is 45.2 Å². The van der Waals surface area contributed by atoms with Crippen LogP contribution in [0.2, 0.25) is 0 Å². The van der Waals surface area contributed by atoms with Gasteiger partial charge in [-0.1, -0.05) is 24.3 Å². The van der Waals surface area contributed by atoms with Crippen LogP contribution in [0.15, 0.2) is 42.7 Å². The summed E-state index contributed by atoms with van der Waals surface area (Å²) in [4.78, 5) is 12.3. The monoisotopic (exact) mass is 385 g/mol. The van der Waals surface area contributed by atoms with E-state index in [2.05, 4.69) is 15.5 Å². The molecule has 146 valence electrons. The molecule has 1 aliphatic carbocycles. The zero-order valence-corrected chi connectivity index (χ0v) is 15.5. The van der Waals surface area contributed by atoms with E-state index in [0.29, 0.717) is 17.9 Å². The second-order valence-corrected chi connectivity index (χ2v) is 7.13. The Kier molecular flexibility index (Phi) is 4.93. The van der Waals surface area contributed by atoms with Crippen molar-refractivity contribution in [2.75, 3.05) is 5.32 Å². The van der Waals surface area contributed by atoms with Gasteiger partial charge >= 0.3 is 0 Å². The fraction of sp³-hybridized carbons (Fsp3) is 0.350. The summed E-state index contributed by atoms with van der Waals surface area (Å²) in [6.45, 7) is 2.36. The van der Waals surface area contributed by atoms with Gasteiger partial charge in [0.25, 0.3) is 6.43 Å². The van der Waals surface area contributed by atoms with Crippen LogP contribution in [0, 0.1) is 6.92 Å². The first-order valence-corrected chi connectivity index (χ1v) is 9.22. The fourth-order valence-corrected chi connectivity index (χ4v) is 3.15. The Morgan fingerprint density at radius 3 is 2.82 bits per heavy atom. The molecular formula is C20H21F2N5O. The van der Waals surface area contributed by atoms with Crippen molar-refractivity contribution in [3.8, 4) is 0 Å². The molecule has 0 saturated heterocycles. The van der Waals surface area contributed by atoms with Crippen molar-refractivity contribution in [3.05, 3.63) is 65.2 Å². The quantitative estimate of drug-likeness (QED) is 0.671. The third-order valence-electron chi connectivity index (χ3n) is 4.85. The lowest BCUT2D eigenvalue weighted by atomic mass is 10.1. The van der Waals surface area contributed by atoms with Crippen LogP contribution >= 0.6 is 0 Å². The van der Waals surface area contributed by atoms with Gasteiger partial charge in [-0.15, -0.1) is 0 Å². The normalized spacial score (nSPS) is 13.9. The van der Waals surface area contributed by atoms with E-state index in [4.69, 9.17) is 0 Å². The Morgan fingerprint density at radius 2 is 2.11 bits per heavy atom. The van der Waals surface area contributed by atoms with E-state index < -0.39 is 12.3 Å². The molecule has 1 aromatic carbocycles. The standard InChI is InChI=1S/C20H21F2N5O/c1-13-4-2-3-5-15(13)10-26-11-16(9-23-26)24-19(28)12-27-18(20(21)22)8-17(25-27)14-6-7-14/h2-5,8-9,11,14,20H,6-7,10,12H2,1H3,(H,24,28). The van der Waals surface area contributed by atoms with Crippen LogP contribution in [0.4, 0.5) is 14.5 Å². The molecule has 2 heterocycles. The van der Waals surface area contributed by atoms with Crippen molar-refractivity contribution in [1.29, 1.82) is 0 Å². The van der Waals surface area contributed by atoms with E-state index in [-0.39, 0.29) is 18.2 Å². The van der Waals surface area contributed by atoms with Crippen molar-refractivity contribution < 1.29 is 13.6 Å². The minimum atomic E-state index is -2.66. The molecule has 1 amide bonds. The molecule has 0 unspecified atom stereocenters. The Balaban J connectivity index is 1.41. The van der Waals surface area contributed by atoms with E-state index >= 15 is 0 Å². The first-order valence-electron chi connectivity index (χ1n) is 9.22. The van der Waals surface area contributed by atoms with Crippen LogP contribution in [-0.2, 0) is 17.9 Å². The number of benzene rings is 1. The van der Waals surface area contributed by atoms with Gasteiger partial charge in [0.1, 0.15) is 12.2 Å². The molecule has 3 aromatic rings. The van der Waals surface area contributed by atoms with Gasteiger partial charge in [-0.2, -0.15) is 10.2 Å². The third-order valence-corrected chi connectivity index (χ3v) is 4.85. The summed E-state index contributed by atoms with van der Waals surface area (Å²) in [5.41, 5.74) is 3.25. The summed E-state index contributed by atoms with van der Waals surface area (Å²) >= 11 is 0. The average molecular weight is 385 g/mol. The second-order valence-electron chi connectivity index (χ2n) is 7.13. The average Bonchev–Trinajstić information content (AvgIpc) is 3.28. The number of carbonyl (C=O) groups excluding carboxylic acids is 1. The first kappa shape index (κ1) is 18.3. The molecular weight excluding hydrogens is 364 g/mol. The lowest BCUT2D eigenvalue weighted by Crippen LogP contribution is -2.21. The smallest absolute Gasteiger partial charge is 0.280 e. The number of halogens is 2. The zero-order valence-electron chi connectivity index (χ0n) is 15.5. The van der Waals surface area contributed by atoms with Crippen LogP contribution in [-0.4, -0.2) is 25.5 Å². The molecule has 28 heavy (non-hydrogen) atoms. The summed E-state index contributed by atoms with van der Waals surface area (Å²) in [7, 11) is 0. The Labute approximate surface area is 161 Å². The summed E-state index contributed by atoms with van der Waals surface area (Å²) in [6, 6.07) is 9.41. The summed E-state index contributed by atoms with van der Waals surface area (Å²) < 4.78 is 29.3. The van der Waals surface area contributed by atoms with E-state index in [9.17, 15) is 13.6 Å². The van der Waals surface area contributed by atoms with Crippen LogP contribution < -0.4 is 5.32 Å². The Bertz CT molecular complexity index is 990. The highest BCUT2D eigenvalue weighted by molar-refractivity contribution is 5.90. The van der Waals surface area contributed by atoms with E-state index in [0.717, 1.165) is 28.7 Å². The summed E-state index contributed by atoms with van der Waals surface area (Å²) in [5, 5.41) is 11.2. The maximum Gasteiger partial charge on any atom is 0.280 e. The number of hydrogen-bond donors (Lipinski definition) is 1. The number of anilines is 1. The molecule has 0 atom stereocenters. The van der Waals surface area contributed by atoms with E-state index in [1.807, 2.05) is 31.2 Å². The molecule has 0 radical (unpaired) electrons. The molecule has 0 bridgehead atoms. The topological polar surface area (TPSA) is 64.7 Å². The predicted octanol–water partition coefficient (Wildman–Crippen LogP) is 3.89. The van der Waals surface area contributed by atoms with Gasteiger partial charge in [-0.25, -0.2) is 8.78 Å². The molecule has 0 spiro atoms. The highest BCUT2D eigenvalue weighted by Crippen LogP contribution is 2.40. The summed E-state index contributed by atoms with van der Waals surface area (Å²) in [5.74, 6) is -0.163. The number of aromatic nitrogens is 4. The molecule has 1 aliphatic rings. The van der Waals surface area contributed by atoms with Crippen molar-refractivity contribution in [3.63, 3.8) is 0 Å². The minimum Gasteiger partial charge on any atom is -0.322 e. The van der Waals surface area contributed by atoms with E-state index in [1.165, 1.54) is 6.07 Å². The van der Waals surface area contributed by atoms with Gasteiger partial charge in [0.2, 0.25) is 5.91 Å². The first-order chi connectivity index (χ1) is 13.5. The molecule has 1 saturated carbocycles. The maximum absolute atomic E-state index is 13.2. The lowest BCUT2D eigenvalue weighted by molar-refractivity contribution is -0.117. The Morgan fingerprint density at radius 1 is 1.32 bits per heavy atom. The fourth-order valence-electron chi connectivity index (χ4n) is 3.15. The third kappa shape index (κ3) is 4.11. The number of amides is 1. The van der Waals surface area contributed by atoms with Crippen molar-refractivity contribution >= 4 is 11.6 Å². The number of hydrogen-bond acceptors (Lipinski definition) is 3. The van der Waals surface area contributed by atoms with Crippen LogP contribution in [0.5, 0.6) is 0 Å². The van der Waals surface area contributed by atoms with Gasteiger partial charge < -0.3 is 5.32 Å². The van der Waals surface area contributed by atoms with Gasteiger partial charge in [-0.3, -0.25) is 14.2 Å². The molecule has 1 fully saturated rings. The molecule has 4 rings (SSSR count). The SMILES string of the molecule is Cc1ccccc1Cn1cc(NC(=O)Cn2nc(C3CC3)cc2C(F)F)cn1. The molecule has 6 nitrogen and oxygen atoms in total. The number of aryl methyl sites for hydroxylation is 1. The Hall–Kier alpha value is -3.03. The van der Waals surface area contributed by atoms with Crippen molar-refractivity contribution in [1.82, 2.24) is 19.6 Å². The number of nitrogens with one attached hydrogen (secondary N) is 1. The predicted molar refractivity (Wildman–Crippen MR) is 100 cm³/mol. The maximum atomic E-state index is 13.2. The molecule has 1 N–H and O–H groups in total. The lowest BCUT2D eigenvalue weighted by Gasteiger charge is -2.07. The van der Waals surface area contributed by atoms with Crippen LogP contribution in [0.25, 0.3) is 0 Å². The van der Waals surface area contributed by atoms with E-state index in [1.54, 1.807) is 17.1 Å². The highest BCUT2D eigenvalue weighted by Gasteiger charge is 2.29. The largest absolute Gasteiger partial charge is 0.322 e. The molecule has 0 aliphatic heterocycles. The van der Waals surface area contributed by atoms with Crippen LogP contribution in [0.3, 0.4) is 0 Å². The van der Waals surface area contributed by atoms with Gasteiger partial charge in [-0.05, 0) is 37.0 Å². The highest BCUT2D eigenvalue weighted by atomic mass is 19.3. The van der Waals surface area contributed by atoms with Crippen molar-refractivity contribution in [2.24, 2.45) is 0 Å². The van der Waals surface area contributed by atoms with Gasteiger partial charge in [0, 0.05) is 12.1 Å². The van der Waals surface area contributed by atoms with Gasteiger partial charge in [0.05, 0.1) is 24.1 Å². The van der Waals surface area contributed by atoms with Gasteiger partial charge in [0.15, 0.2) is 0 Å². The summed E-state index contributed by atoms with van der Waals surface area (Å²) in [6.07, 6.45) is 2.53. The number of alkyl halides is 2. The molecule has 8 heteroatoms. The zero-order chi connectivity index (χ0) is 19.7. The number of nitrogens with zero attached hydrogens (tertiary/aromatic N) is 4. The number of rotatable bonds is 7. The minimum absolute atomic E-state index is 0.215. The number of carbonyl (C=O) groups is 1. The second kappa shape index (κ2) is 7.53. The molecule has 2 aromatic heterocycles. The van der Waals surface area contributed by atoms with Crippen LogP contribution in [0.1, 0.15) is 47.7 Å².